The Kier molecular flexibility index (Phi) is 8.08. The van der Waals surface area contributed by atoms with Gasteiger partial charge in [-0.1, -0.05) is 54.6 Å². The van der Waals surface area contributed by atoms with Gasteiger partial charge >= 0.3 is 0 Å². The van der Waals surface area contributed by atoms with Gasteiger partial charge in [0.05, 0.1) is 25.8 Å². The molecule has 0 aliphatic heterocycles. The molecule has 3 aromatic carbocycles. The van der Waals surface area contributed by atoms with Gasteiger partial charge in [-0.05, 0) is 59.2 Å². The molecule has 1 heterocycles. The SMILES string of the molecule is CN(Cc1ccco1)C(=O)Cc1ccc(N(Cc2cccc(F)c2)C(=O)/C=C/c2ccccc2)cc1. The number of hydrogen-bond acceptors (Lipinski definition) is 3. The molecule has 36 heavy (non-hydrogen) atoms. The third-order valence-corrected chi connectivity index (χ3v) is 5.72. The smallest absolute Gasteiger partial charge is 0.251 e. The number of amides is 2. The van der Waals surface area contributed by atoms with Crippen molar-refractivity contribution in [3.05, 3.63) is 132 Å². The molecule has 182 valence electrons. The van der Waals surface area contributed by atoms with Crippen LogP contribution in [0.15, 0.2) is 108 Å². The first-order valence-corrected chi connectivity index (χ1v) is 11.6. The lowest BCUT2D eigenvalue weighted by molar-refractivity contribution is -0.129. The molecule has 0 aliphatic carbocycles. The van der Waals surface area contributed by atoms with Crippen LogP contribution >= 0.6 is 0 Å². The molecule has 2 amide bonds. The van der Waals surface area contributed by atoms with Crippen molar-refractivity contribution in [3.63, 3.8) is 0 Å². The minimum atomic E-state index is -0.354. The molecule has 0 spiro atoms. The van der Waals surface area contributed by atoms with E-state index in [1.165, 1.54) is 18.2 Å². The molecule has 4 rings (SSSR count). The Morgan fingerprint density at radius 3 is 2.33 bits per heavy atom. The van der Waals surface area contributed by atoms with Crippen molar-refractivity contribution >= 4 is 23.6 Å². The van der Waals surface area contributed by atoms with Gasteiger partial charge in [-0.3, -0.25) is 9.59 Å². The minimum absolute atomic E-state index is 0.0439. The molecule has 1 aromatic heterocycles. The number of hydrogen-bond donors (Lipinski definition) is 0. The molecule has 0 aliphatic rings. The molecule has 0 N–H and O–H groups in total. The van der Waals surface area contributed by atoms with Crippen LogP contribution in [0.2, 0.25) is 0 Å². The van der Waals surface area contributed by atoms with Gasteiger partial charge in [-0.25, -0.2) is 4.39 Å². The third kappa shape index (κ3) is 6.79. The Morgan fingerprint density at radius 2 is 1.64 bits per heavy atom. The van der Waals surface area contributed by atoms with Crippen molar-refractivity contribution in [3.8, 4) is 0 Å². The highest BCUT2D eigenvalue weighted by Gasteiger charge is 2.16. The van der Waals surface area contributed by atoms with Gasteiger partial charge in [0.15, 0.2) is 0 Å². The van der Waals surface area contributed by atoms with Crippen molar-refractivity contribution < 1.29 is 18.4 Å². The van der Waals surface area contributed by atoms with E-state index < -0.39 is 0 Å². The number of anilines is 1. The molecule has 5 nitrogen and oxygen atoms in total. The van der Waals surface area contributed by atoms with Crippen LogP contribution in [-0.2, 0) is 29.1 Å². The molecule has 0 saturated carbocycles. The second-order valence-corrected chi connectivity index (χ2v) is 8.47. The van der Waals surface area contributed by atoms with Gasteiger partial charge in [0.2, 0.25) is 5.91 Å². The number of carbonyl (C=O) groups is 2. The highest BCUT2D eigenvalue weighted by molar-refractivity contribution is 6.03. The quantitative estimate of drug-likeness (QED) is 0.281. The fourth-order valence-corrected chi connectivity index (χ4v) is 3.76. The van der Waals surface area contributed by atoms with E-state index in [-0.39, 0.29) is 30.6 Å². The minimum Gasteiger partial charge on any atom is -0.467 e. The summed E-state index contributed by atoms with van der Waals surface area (Å²) < 4.78 is 19.1. The lowest BCUT2D eigenvalue weighted by atomic mass is 10.1. The summed E-state index contributed by atoms with van der Waals surface area (Å²) in [5, 5.41) is 0. The van der Waals surface area contributed by atoms with Crippen LogP contribution in [0.3, 0.4) is 0 Å². The lowest BCUT2D eigenvalue weighted by Crippen LogP contribution is -2.29. The predicted molar refractivity (Wildman–Crippen MR) is 138 cm³/mol. The zero-order valence-electron chi connectivity index (χ0n) is 20.0. The Morgan fingerprint density at radius 1 is 0.861 bits per heavy atom. The van der Waals surface area contributed by atoms with E-state index in [0.29, 0.717) is 17.8 Å². The highest BCUT2D eigenvalue weighted by atomic mass is 19.1. The van der Waals surface area contributed by atoms with Gasteiger partial charge in [-0.15, -0.1) is 0 Å². The Bertz CT molecular complexity index is 1320. The second kappa shape index (κ2) is 11.8. The predicted octanol–water partition coefficient (Wildman–Crippen LogP) is 5.87. The summed E-state index contributed by atoms with van der Waals surface area (Å²) in [7, 11) is 1.73. The molecule has 6 heteroatoms. The first-order valence-electron chi connectivity index (χ1n) is 11.6. The summed E-state index contributed by atoms with van der Waals surface area (Å²) in [5.74, 6) is 0.0891. The molecule has 0 unspecified atom stereocenters. The van der Waals surface area contributed by atoms with Crippen molar-refractivity contribution in [1.82, 2.24) is 4.90 Å². The summed E-state index contributed by atoms with van der Waals surface area (Å²) >= 11 is 0. The first kappa shape index (κ1) is 24.7. The van der Waals surface area contributed by atoms with Crippen LogP contribution in [0, 0.1) is 5.82 Å². The van der Waals surface area contributed by atoms with Crippen LogP contribution in [0.1, 0.15) is 22.5 Å². The normalized spacial score (nSPS) is 10.9. The first-order chi connectivity index (χ1) is 17.5. The topological polar surface area (TPSA) is 53.8 Å². The number of rotatable bonds is 9. The average molecular weight is 483 g/mol. The number of carbonyl (C=O) groups excluding carboxylic acids is 2. The van der Waals surface area contributed by atoms with Crippen LogP contribution in [0.4, 0.5) is 10.1 Å². The third-order valence-electron chi connectivity index (χ3n) is 5.72. The summed E-state index contributed by atoms with van der Waals surface area (Å²) in [5.41, 5.74) is 3.06. The van der Waals surface area contributed by atoms with Crippen molar-refractivity contribution in [2.24, 2.45) is 0 Å². The van der Waals surface area contributed by atoms with Crippen LogP contribution in [-0.4, -0.2) is 23.8 Å². The van der Waals surface area contributed by atoms with E-state index in [1.807, 2.05) is 60.7 Å². The number of furan rings is 1. The van der Waals surface area contributed by atoms with Crippen LogP contribution in [0.25, 0.3) is 6.08 Å². The zero-order chi connectivity index (χ0) is 25.3. The maximum Gasteiger partial charge on any atom is 0.251 e. The number of halogens is 1. The van der Waals surface area contributed by atoms with Crippen molar-refractivity contribution in [2.75, 3.05) is 11.9 Å². The van der Waals surface area contributed by atoms with Crippen LogP contribution < -0.4 is 4.90 Å². The van der Waals surface area contributed by atoms with E-state index >= 15 is 0 Å². The van der Waals surface area contributed by atoms with Crippen molar-refractivity contribution in [2.45, 2.75) is 19.5 Å². The second-order valence-electron chi connectivity index (χ2n) is 8.47. The van der Waals surface area contributed by atoms with E-state index in [1.54, 1.807) is 47.4 Å². The standard InChI is InChI=1S/C30H27FN2O3/c1-32(22-28-11-6-18-36-28)30(35)20-24-12-15-27(16-13-24)33(21-25-9-5-10-26(31)19-25)29(34)17-14-23-7-3-2-4-8-23/h2-19H,20-22H2,1H3/b17-14+. The van der Waals surface area contributed by atoms with Crippen molar-refractivity contribution in [1.29, 1.82) is 0 Å². The zero-order valence-corrected chi connectivity index (χ0v) is 20.0. The fourth-order valence-electron chi connectivity index (χ4n) is 3.76. The molecular formula is C30H27FN2O3. The maximum atomic E-state index is 13.8. The number of benzene rings is 3. The van der Waals surface area contributed by atoms with E-state index in [9.17, 15) is 14.0 Å². The van der Waals surface area contributed by atoms with Gasteiger partial charge in [-0.2, -0.15) is 0 Å². The summed E-state index contributed by atoms with van der Waals surface area (Å²) in [6.45, 7) is 0.605. The van der Waals surface area contributed by atoms with E-state index in [0.717, 1.165) is 16.9 Å². The average Bonchev–Trinajstić information content (AvgIpc) is 3.40. The van der Waals surface area contributed by atoms with Gasteiger partial charge in [0.1, 0.15) is 11.6 Å². The Balaban J connectivity index is 1.49. The molecular weight excluding hydrogens is 455 g/mol. The fraction of sp³-hybridized carbons (Fsp3) is 0.133. The number of nitrogens with zero attached hydrogens (tertiary/aromatic N) is 2. The van der Waals surface area contributed by atoms with Crippen LogP contribution in [0.5, 0.6) is 0 Å². The molecule has 0 atom stereocenters. The Labute approximate surface area is 210 Å². The molecule has 0 saturated heterocycles. The molecule has 0 fully saturated rings. The monoisotopic (exact) mass is 482 g/mol. The molecule has 4 aromatic rings. The van der Waals surface area contributed by atoms with Gasteiger partial charge in [0, 0.05) is 18.8 Å². The van der Waals surface area contributed by atoms with E-state index in [2.05, 4.69) is 0 Å². The maximum absolute atomic E-state index is 13.8. The Hall–Kier alpha value is -4.45. The van der Waals surface area contributed by atoms with Gasteiger partial charge < -0.3 is 14.2 Å². The number of likely N-dealkylation sites (N-methyl/N-ethyl adjacent to an activating group) is 1. The van der Waals surface area contributed by atoms with Gasteiger partial charge in [0.25, 0.3) is 5.91 Å². The molecule has 0 bridgehead atoms. The largest absolute Gasteiger partial charge is 0.467 e. The lowest BCUT2D eigenvalue weighted by Gasteiger charge is -2.22. The molecule has 0 radical (unpaired) electrons. The summed E-state index contributed by atoms with van der Waals surface area (Å²) in [4.78, 5) is 29.0. The highest BCUT2D eigenvalue weighted by Crippen LogP contribution is 2.21. The summed E-state index contributed by atoms with van der Waals surface area (Å²) in [6.07, 6.45) is 5.07. The van der Waals surface area contributed by atoms with E-state index in [4.69, 9.17) is 4.42 Å². The summed E-state index contributed by atoms with van der Waals surface area (Å²) in [6, 6.07) is 26.7.